The Morgan fingerprint density at radius 2 is 1.22 bits per heavy atom. The minimum atomic E-state index is -1.30. The molecule has 302 valence electrons. The molecule has 2 spiro atoms. The molecule has 10 aliphatic heterocycles. The summed E-state index contributed by atoms with van der Waals surface area (Å²) < 4.78 is 25.8. The largest absolute Gasteiger partial charge is 0.504 e. The van der Waals surface area contributed by atoms with Crippen LogP contribution in [0.1, 0.15) is 72.1 Å². The molecule has 59 heavy (non-hydrogen) atoms. The molecule has 3 aromatic rings. The number of carbonyl (C=O) groups excluding carboxylic acids is 3. The summed E-state index contributed by atoms with van der Waals surface area (Å²) in [5.41, 5.74) is 3.68. The van der Waals surface area contributed by atoms with Gasteiger partial charge in [0.25, 0.3) is 0 Å². The molecular weight excluding hydrogens is 749 g/mol. The number of methoxy groups -OCH3 is 2. The summed E-state index contributed by atoms with van der Waals surface area (Å²) in [6, 6.07) is 16.9. The molecule has 0 unspecified atom stereocenters. The van der Waals surface area contributed by atoms with Crippen LogP contribution in [0.25, 0.3) is 0 Å². The van der Waals surface area contributed by atoms with E-state index in [-0.39, 0.29) is 52.9 Å². The van der Waals surface area contributed by atoms with Gasteiger partial charge in [0, 0.05) is 55.0 Å². The van der Waals surface area contributed by atoms with Crippen LogP contribution in [0.3, 0.4) is 0 Å². The van der Waals surface area contributed by atoms with Gasteiger partial charge in [0.15, 0.2) is 11.5 Å². The van der Waals surface area contributed by atoms with E-state index in [1.54, 1.807) is 0 Å². The predicted molar refractivity (Wildman–Crippen MR) is 214 cm³/mol. The summed E-state index contributed by atoms with van der Waals surface area (Å²) in [5.74, 6) is -1.49. The normalized spacial score (nSPS) is 39.6. The number of anilines is 2. The molecule has 0 aliphatic carbocycles. The standard InChI is InChI=1S/C47H46N4O8/c1-5-24-22-48-18-16-45-29-12-8-10-14-33(29)50-37(42(54)56-3)26(24)19-34(48)46(45,50)58-40-31(45)21-30-36(39(40)52)41(53)59-47-35-20-27-25(6-2)23-49(35)17-15-44(30,47)28-11-7-9-13-32(28)51(47)38(27)43(55)57-4/h5-14,21,26-27,34-35,37-38,52H,15-20,22-23H2,1-4H3/b24-5-,25-6-/t26-,27-,34-,35+,37-,38-,44+,45+,46-,47-/m0/s1. The van der Waals surface area contributed by atoms with Gasteiger partial charge in [0.1, 0.15) is 17.6 Å². The van der Waals surface area contributed by atoms with Gasteiger partial charge >= 0.3 is 17.9 Å². The van der Waals surface area contributed by atoms with Gasteiger partial charge < -0.3 is 33.9 Å². The summed E-state index contributed by atoms with van der Waals surface area (Å²) in [5, 5.41) is 12.9. The van der Waals surface area contributed by atoms with Gasteiger partial charge in [-0.3, -0.25) is 9.80 Å². The molecule has 0 radical (unpaired) electrons. The van der Waals surface area contributed by atoms with Crippen molar-refractivity contribution in [2.24, 2.45) is 11.8 Å². The van der Waals surface area contributed by atoms with Crippen LogP contribution >= 0.6 is 0 Å². The Labute approximate surface area is 341 Å². The van der Waals surface area contributed by atoms with Crippen molar-refractivity contribution < 1.29 is 38.4 Å². The average Bonchev–Trinajstić information content (AvgIpc) is 3.81. The quantitative estimate of drug-likeness (QED) is 0.219. The summed E-state index contributed by atoms with van der Waals surface area (Å²) in [4.78, 5) is 52.9. The van der Waals surface area contributed by atoms with Crippen LogP contribution in [-0.4, -0.2) is 109 Å². The minimum absolute atomic E-state index is 0.0910. The predicted octanol–water partition coefficient (Wildman–Crippen LogP) is 4.75. The molecule has 4 bridgehead atoms. The van der Waals surface area contributed by atoms with E-state index in [0.29, 0.717) is 44.3 Å². The first-order valence-corrected chi connectivity index (χ1v) is 21.2. The molecule has 0 aromatic heterocycles. The zero-order chi connectivity index (χ0) is 40.1. The number of fused-ring (bicyclic) bond motifs is 8. The van der Waals surface area contributed by atoms with Gasteiger partial charge in [-0.15, -0.1) is 0 Å². The van der Waals surface area contributed by atoms with Crippen molar-refractivity contribution in [1.29, 1.82) is 0 Å². The number of nitrogens with zero attached hydrogens (tertiary/aromatic N) is 4. The van der Waals surface area contributed by atoms with Crippen molar-refractivity contribution in [3.8, 4) is 11.5 Å². The van der Waals surface area contributed by atoms with E-state index in [2.05, 4.69) is 69.0 Å². The first-order chi connectivity index (χ1) is 28.7. The number of benzene rings is 3. The Morgan fingerprint density at radius 1 is 0.729 bits per heavy atom. The highest BCUT2D eigenvalue weighted by Gasteiger charge is 2.82. The molecule has 6 fully saturated rings. The molecule has 13 rings (SSSR count). The second-order valence-electron chi connectivity index (χ2n) is 18.3. The molecule has 6 saturated heterocycles. The van der Waals surface area contributed by atoms with Gasteiger partial charge in [-0.2, -0.15) is 0 Å². The van der Waals surface area contributed by atoms with Gasteiger partial charge in [0.05, 0.1) is 37.1 Å². The Balaban J connectivity index is 1.11. The van der Waals surface area contributed by atoms with E-state index < -0.39 is 40.3 Å². The third-order valence-electron chi connectivity index (χ3n) is 17.0. The van der Waals surface area contributed by atoms with Crippen molar-refractivity contribution >= 4 is 29.3 Å². The SMILES string of the molecule is C/C=C1/CN2CC[C@]34c5ccccc5N5[C@H](C(=O)OC)[C@H]1C[C@H]2[C@@]53Oc1c4cc2c(c1O)C(=O)O[C@@]13[C@H]4C[C@H]5/C(=C\C)CN4CC[C@@]21c1ccccc1N3[C@@H]5C(=O)OC. The maximum Gasteiger partial charge on any atom is 0.344 e. The van der Waals surface area contributed by atoms with E-state index >= 15 is 4.79 Å². The number of para-hydroxylation sites is 2. The molecule has 1 N–H and O–H groups in total. The van der Waals surface area contributed by atoms with Crippen molar-refractivity contribution in [2.75, 3.05) is 50.2 Å². The highest BCUT2D eigenvalue weighted by atomic mass is 16.6. The van der Waals surface area contributed by atoms with Gasteiger partial charge in [-0.25, -0.2) is 14.4 Å². The number of hydrogen-bond acceptors (Lipinski definition) is 12. The van der Waals surface area contributed by atoms with Crippen molar-refractivity contribution in [3.63, 3.8) is 0 Å². The van der Waals surface area contributed by atoms with Crippen LogP contribution < -0.4 is 14.5 Å². The number of phenolic OH excluding ortho intramolecular Hbond substituents is 1. The van der Waals surface area contributed by atoms with Crippen LogP contribution in [0.5, 0.6) is 11.5 Å². The Kier molecular flexibility index (Phi) is 6.37. The number of carbonyl (C=O) groups is 3. The Morgan fingerprint density at radius 3 is 1.73 bits per heavy atom. The van der Waals surface area contributed by atoms with E-state index in [1.807, 2.05) is 31.2 Å². The number of phenols is 1. The number of hydrogen-bond donors (Lipinski definition) is 1. The molecule has 0 saturated carbocycles. The zero-order valence-corrected chi connectivity index (χ0v) is 33.6. The lowest BCUT2D eigenvalue weighted by Gasteiger charge is -2.67. The Bertz CT molecular complexity index is 2570. The molecule has 10 heterocycles. The summed E-state index contributed by atoms with van der Waals surface area (Å²) in [6.45, 7) is 6.98. The minimum Gasteiger partial charge on any atom is -0.504 e. The first-order valence-electron chi connectivity index (χ1n) is 21.2. The van der Waals surface area contributed by atoms with Crippen LogP contribution in [0.15, 0.2) is 77.9 Å². The summed E-state index contributed by atoms with van der Waals surface area (Å²) >= 11 is 0. The molecule has 12 heteroatoms. The highest BCUT2D eigenvalue weighted by Crippen LogP contribution is 2.75. The molecule has 12 nitrogen and oxygen atoms in total. The van der Waals surface area contributed by atoms with Crippen molar-refractivity contribution in [2.45, 2.75) is 86.0 Å². The third-order valence-corrected chi connectivity index (χ3v) is 17.0. The number of piperidine rings is 6. The molecule has 3 aromatic carbocycles. The fraction of sp³-hybridized carbons (Fsp3) is 0.468. The zero-order valence-electron chi connectivity index (χ0n) is 33.6. The fourth-order valence-electron chi connectivity index (χ4n) is 15.1. The maximum atomic E-state index is 15.2. The van der Waals surface area contributed by atoms with Crippen LogP contribution in [0, 0.1) is 11.8 Å². The summed E-state index contributed by atoms with van der Waals surface area (Å²) in [6.07, 6.45) is 6.83. The van der Waals surface area contributed by atoms with Crippen LogP contribution in [-0.2, 0) is 34.6 Å². The van der Waals surface area contributed by atoms with Crippen molar-refractivity contribution in [3.05, 3.63) is 106 Å². The highest BCUT2D eigenvalue weighted by molar-refractivity contribution is 6.02. The van der Waals surface area contributed by atoms with E-state index in [9.17, 15) is 14.7 Å². The van der Waals surface area contributed by atoms with Crippen molar-refractivity contribution in [1.82, 2.24) is 9.80 Å². The lowest BCUT2D eigenvalue weighted by Crippen LogP contribution is -2.82. The van der Waals surface area contributed by atoms with Gasteiger partial charge in [-0.05, 0) is 74.4 Å². The molecular formula is C47H46N4O8. The number of ether oxygens (including phenoxy) is 4. The summed E-state index contributed by atoms with van der Waals surface area (Å²) in [7, 11) is 2.89. The smallest absolute Gasteiger partial charge is 0.344 e. The number of aromatic hydroxyl groups is 1. The Hall–Kier alpha value is -5.33. The van der Waals surface area contributed by atoms with E-state index in [1.165, 1.54) is 25.4 Å². The van der Waals surface area contributed by atoms with Crippen LogP contribution in [0.4, 0.5) is 11.4 Å². The second kappa shape index (κ2) is 10.9. The topological polar surface area (TPSA) is 121 Å². The first kappa shape index (κ1) is 34.5. The van der Waals surface area contributed by atoms with Gasteiger partial charge in [0.2, 0.25) is 11.4 Å². The number of allylic oxidation sites excluding steroid dienone is 2. The second-order valence-corrected chi connectivity index (χ2v) is 18.3. The van der Waals surface area contributed by atoms with Gasteiger partial charge in [-0.1, -0.05) is 59.7 Å². The van der Waals surface area contributed by atoms with E-state index in [4.69, 9.17) is 18.9 Å². The fourth-order valence-corrected chi connectivity index (χ4v) is 15.1. The van der Waals surface area contributed by atoms with Crippen LogP contribution in [0.2, 0.25) is 0 Å². The lowest BCUT2D eigenvalue weighted by atomic mass is 9.54. The lowest BCUT2D eigenvalue weighted by molar-refractivity contribution is -0.174. The molecule has 10 atom stereocenters. The molecule has 10 aliphatic rings. The number of rotatable bonds is 2. The monoisotopic (exact) mass is 794 g/mol. The molecule has 0 amide bonds. The number of esters is 3. The third kappa shape index (κ3) is 3.36. The maximum absolute atomic E-state index is 15.2. The van der Waals surface area contributed by atoms with E-state index in [0.717, 1.165) is 41.2 Å². The average molecular weight is 795 g/mol.